The van der Waals surface area contributed by atoms with Crippen LogP contribution in [0.25, 0.3) is 0 Å². The molecular weight excluding hydrogens is 486 g/mol. The van der Waals surface area contributed by atoms with Gasteiger partial charge in [-0.15, -0.1) is 0 Å². The monoisotopic (exact) mass is 513 g/mol. The zero-order chi connectivity index (χ0) is 25.2. The summed E-state index contributed by atoms with van der Waals surface area (Å²) in [7, 11) is -3.73. The number of hydrogen-bond acceptors (Lipinski definition) is 7. The number of nitrogens with two attached hydrogens (primary N) is 1. The lowest BCUT2D eigenvalue weighted by Gasteiger charge is -2.25. The third kappa shape index (κ3) is 5.47. The average Bonchev–Trinajstić information content (AvgIpc) is 3.19. The highest BCUT2D eigenvalue weighted by Gasteiger charge is 2.43. The molecule has 2 heterocycles. The number of carbonyl (C=O) groups excluding carboxylic acids is 2. The van der Waals surface area contributed by atoms with E-state index in [1.165, 1.54) is 23.9 Å². The molecule has 0 radical (unpaired) electrons. The van der Waals surface area contributed by atoms with Crippen molar-refractivity contribution in [1.29, 1.82) is 0 Å². The molecule has 3 N–H and O–H groups in total. The predicted molar refractivity (Wildman–Crippen MR) is 137 cm³/mol. The summed E-state index contributed by atoms with van der Waals surface area (Å²) in [5.41, 5.74) is 2.41. The van der Waals surface area contributed by atoms with E-state index in [1.807, 2.05) is 38.1 Å². The van der Waals surface area contributed by atoms with Gasteiger partial charge in [0.1, 0.15) is 11.9 Å². The lowest BCUT2D eigenvalue weighted by Crippen LogP contribution is -2.42. The van der Waals surface area contributed by atoms with E-state index in [-0.39, 0.29) is 28.4 Å². The molecule has 2 unspecified atom stereocenters. The molecular formula is C24H27N5O4S2. The molecule has 2 amide bonds. The first-order valence-electron chi connectivity index (χ1n) is 11.3. The number of fused-ring (bicyclic) bond motifs is 3. The minimum atomic E-state index is -3.73. The van der Waals surface area contributed by atoms with Crippen LogP contribution >= 0.6 is 11.8 Å². The second-order valence-electron chi connectivity index (χ2n) is 8.45. The molecule has 2 aliphatic heterocycles. The molecule has 0 saturated heterocycles. The van der Waals surface area contributed by atoms with E-state index in [2.05, 4.69) is 10.3 Å². The number of primary sulfonamides is 1. The molecule has 2 aromatic rings. The summed E-state index contributed by atoms with van der Waals surface area (Å²) in [6.07, 6.45) is 1.36. The fourth-order valence-electron chi connectivity index (χ4n) is 3.83. The van der Waals surface area contributed by atoms with Crippen LogP contribution in [0.1, 0.15) is 31.4 Å². The standard InChI is InChI=1S/C24H27N5O4S2/c1-3-15(2)21-23(31)29-22(28-21)18-6-4-5-7-19(18)27-24(29)34-14-20(30)26-13-12-16-8-10-17(11-9-16)35(25,32)33/h4-11,15,21H,3,12-14H2,1-2H3,(H,26,30)(H2,25,32,33). The molecule has 0 bridgehead atoms. The van der Waals surface area contributed by atoms with E-state index in [1.54, 1.807) is 17.0 Å². The van der Waals surface area contributed by atoms with Crippen molar-refractivity contribution in [3.63, 3.8) is 0 Å². The molecule has 0 aliphatic carbocycles. The molecule has 184 valence electrons. The molecule has 4 rings (SSSR count). The number of amidine groups is 2. The van der Waals surface area contributed by atoms with Crippen LogP contribution in [0.3, 0.4) is 0 Å². The Morgan fingerprint density at radius 1 is 1.20 bits per heavy atom. The molecule has 2 aliphatic rings. The summed E-state index contributed by atoms with van der Waals surface area (Å²) < 4.78 is 22.7. The van der Waals surface area contributed by atoms with E-state index in [0.29, 0.717) is 24.0 Å². The van der Waals surface area contributed by atoms with Gasteiger partial charge in [0, 0.05) is 12.1 Å². The summed E-state index contributed by atoms with van der Waals surface area (Å²) >= 11 is 1.20. The number of nitrogens with one attached hydrogen (secondary N) is 1. The van der Waals surface area contributed by atoms with E-state index in [4.69, 9.17) is 10.1 Å². The average molecular weight is 514 g/mol. The Bertz CT molecular complexity index is 1310. The fourth-order valence-corrected chi connectivity index (χ4v) is 5.18. The highest BCUT2D eigenvalue weighted by molar-refractivity contribution is 8.14. The highest BCUT2D eigenvalue weighted by atomic mass is 32.2. The van der Waals surface area contributed by atoms with Gasteiger partial charge < -0.3 is 5.32 Å². The van der Waals surface area contributed by atoms with Crippen LogP contribution in [0, 0.1) is 5.92 Å². The van der Waals surface area contributed by atoms with Crippen molar-refractivity contribution in [3.05, 3.63) is 59.7 Å². The Balaban J connectivity index is 1.38. The third-order valence-corrected chi connectivity index (χ3v) is 7.87. The Hall–Kier alpha value is -3.02. The van der Waals surface area contributed by atoms with Gasteiger partial charge in [-0.05, 0) is 42.2 Å². The predicted octanol–water partition coefficient (Wildman–Crippen LogP) is 2.43. The minimum absolute atomic E-state index is 0.0476. The lowest BCUT2D eigenvalue weighted by atomic mass is 10.00. The van der Waals surface area contributed by atoms with E-state index >= 15 is 0 Å². The quantitative estimate of drug-likeness (QED) is 0.559. The molecule has 2 atom stereocenters. The van der Waals surface area contributed by atoms with Crippen molar-refractivity contribution in [2.75, 3.05) is 12.3 Å². The number of nitrogens with zero attached hydrogens (tertiary/aromatic N) is 3. The molecule has 0 saturated carbocycles. The summed E-state index contributed by atoms with van der Waals surface area (Å²) in [5.74, 6) is 0.481. The van der Waals surface area contributed by atoms with Crippen molar-refractivity contribution < 1.29 is 18.0 Å². The van der Waals surface area contributed by atoms with Crippen LogP contribution in [0.4, 0.5) is 5.69 Å². The maximum atomic E-state index is 13.2. The Morgan fingerprint density at radius 2 is 1.91 bits per heavy atom. The molecule has 9 nitrogen and oxygen atoms in total. The van der Waals surface area contributed by atoms with Gasteiger partial charge in [0.05, 0.1) is 16.3 Å². The molecule has 35 heavy (non-hydrogen) atoms. The van der Waals surface area contributed by atoms with Crippen LogP contribution in [0.15, 0.2) is 63.4 Å². The Labute approximate surface area is 209 Å². The Morgan fingerprint density at radius 3 is 2.60 bits per heavy atom. The summed E-state index contributed by atoms with van der Waals surface area (Å²) in [5, 5.41) is 8.41. The van der Waals surface area contributed by atoms with Gasteiger partial charge in [-0.1, -0.05) is 56.3 Å². The van der Waals surface area contributed by atoms with Gasteiger partial charge in [0.25, 0.3) is 5.91 Å². The van der Waals surface area contributed by atoms with Gasteiger partial charge in [0.2, 0.25) is 15.9 Å². The summed E-state index contributed by atoms with van der Waals surface area (Å²) in [6.45, 7) is 4.43. The molecule has 11 heteroatoms. The van der Waals surface area contributed by atoms with Crippen molar-refractivity contribution in [3.8, 4) is 0 Å². The van der Waals surface area contributed by atoms with Gasteiger partial charge in [-0.25, -0.2) is 23.4 Å². The van der Waals surface area contributed by atoms with Crippen LogP contribution in [0.5, 0.6) is 0 Å². The van der Waals surface area contributed by atoms with Gasteiger partial charge in [-0.3, -0.25) is 14.6 Å². The van der Waals surface area contributed by atoms with E-state index in [9.17, 15) is 18.0 Å². The summed E-state index contributed by atoms with van der Waals surface area (Å²) in [6, 6.07) is 13.3. The maximum Gasteiger partial charge on any atom is 0.259 e. The van der Waals surface area contributed by atoms with E-state index in [0.717, 1.165) is 23.2 Å². The fraction of sp³-hybridized carbons (Fsp3) is 0.333. The van der Waals surface area contributed by atoms with Gasteiger partial charge >= 0.3 is 0 Å². The maximum absolute atomic E-state index is 13.2. The number of sulfonamides is 1. The first-order chi connectivity index (χ1) is 16.7. The summed E-state index contributed by atoms with van der Waals surface area (Å²) in [4.78, 5) is 36.7. The van der Waals surface area contributed by atoms with Crippen LogP contribution in [-0.4, -0.2) is 54.5 Å². The number of para-hydroxylation sites is 1. The molecule has 0 aromatic heterocycles. The number of carbonyl (C=O) groups is 2. The molecule has 0 fully saturated rings. The largest absolute Gasteiger partial charge is 0.355 e. The third-order valence-electron chi connectivity index (χ3n) is 6.00. The zero-order valence-electron chi connectivity index (χ0n) is 19.5. The molecule has 0 spiro atoms. The normalized spacial score (nSPS) is 17.9. The number of thioether (sulfide) groups is 1. The van der Waals surface area contributed by atoms with Crippen LogP contribution in [-0.2, 0) is 26.0 Å². The second kappa shape index (κ2) is 10.3. The van der Waals surface area contributed by atoms with Crippen molar-refractivity contribution in [1.82, 2.24) is 10.2 Å². The van der Waals surface area contributed by atoms with Crippen LogP contribution < -0.4 is 10.5 Å². The zero-order valence-corrected chi connectivity index (χ0v) is 21.1. The first kappa shape index (κ1) is 25.1. The number of hydrogen-bond donors (Lipinski definition) is 2. The number of amides is 2. The van der Waals surface area contributed by atoms with Crippen molar-refractivity contribution in [2.24, 2.45) is 21.0 Å². The van der Waals surface area contributed by atoms with Gasteiger partial charge in [0.15, 0.2) is 5.17 Å². The van der Waals surface area contributed by atoms with Crippen molar-refractivity contribution >= 4 is 50.3 Å². The second-order valence-corrected chi connectivity index (χ2v) is 10.9. The Kier molecular flexibility index (Phi) is 7.39. The number of benzene rings is 2. The minimum Gasteiger partial charge on any atom is -0.355 e. The van der Waals surface area contributed by atoms with Crippen molar-refractivity contribution in [2.45, 2.75) is 37.6 Å². The molecule has 2 aromatic carbocycles. The van der Waals surface area contributed by atoms with E-state index < -0.39 is 16.1 Å². The lowest BCUT2D eigenvalue weighted by molar-refractivity contribution is -0.125. The smallest absolute Gasteiger partial charge is 0.259 e. The number of aliphatic imine (C=N–C) groups is 2. The highest BCUT2D eigenvalue weighted by Crippen LogP contribution is 2.35. The SMILES string of the molecule is CCC(C)C1N=C2c3ccccc3N=C(SCC(=O)NCCc3ccc(S(N)(=O)=O)cc3)N2C1=O. The first-order valence-corrected chi connectivity index (χ1v) is 13.8. The topological polar surface area (TPSA) is 134 Å². The van der Waals surface area contributed by atoms with Gasteiger partial charge in [-0.2, -0.15) is 0 Å². The number of rotatable bonds is 8. The van der Waals surface area contributed by atoms with Crippen LogP contribution in [0.2, 0.25) is 0 Å².